The normalized spacial score (nSPS) is 21.1. The third-order valence-electron chi connectivity index (χ3n) is 7.12. The van der Waals surface area contributed by atoms with Gasteiger partial charge in [-0.2, -0.15) is 10.5 Å². The van der Waals surface area contributed by atoms with Crippen molar-refractivity contribution in [2.45, 2.75) is 31.8 Å². The first-order chi connectivity index (χ1) is 17.4. The minimum atomic E-state index is -1.49. The topological polar surface area (TPSA) is 77.1 Å². The van der Waals surface area contributed by atoms with Gasteiger partial charge in [-0.15, -0.1) is 0 Å². The highest BCUT2D eigenvalue weighted by Gasteiger charge is 2.63. The standard InChI is InChI=1S/C30H24ClN3O2/c1-3-36-24-12-8-20(9-13-24)27-28(29(35)21-6-4-19(2)5-7-21)34-25-14-11-23(31)16-22(25)10-15-26(34)30(27,17-32)18-33/h4-16,26-28H,3H2,1-2H3. The summed E-state index contributed by atoms with van der Waals surface area (Å²) in [7, 11) is 0. The fourth-order valence-corrected chi connectivity index (χ4v) is 5.65. The van der Waals surface area contributed by atoms with E-state index >= 15 is 0 Å². The molecule has 0 spiro atoms. The molecule has 0 N–H and O–H groups in total. The van der Waals surface area contributed by atoms with Crippen LogP contribution in [0.25, 0.3) is 6.08 Å². The van der Waals surface area contributed by atoms with Gasteiger partial charge in [0.25, 0.3) is 0 Å². The number of carbonyl (C=O) groups is 1. The van der Waals surface area contributed by atoms with Crippen molar-refractivity contribution < 1.29 is 9.53 Å². The molecule has 0 aliphatic carbocycles. The van der Waals surface area contributed by atoms with Crippen molar-refractivity contribution in [3.63, 3.8) is 0 Å². The fourth-order valence-electron chi connectivity index (χ4n) is 5.46. The fraction of sp³-hybridized carbons (Fsp3) is 0.233. The van der Waals surface area contributed by atoms with Gasteiger partial charge in [-0.3, -0.25) is 4.79 Å². The van der Waals surface area contributed by atoms with Gasteiger partial charge in [0.1, 0.15) is 11.8 Å². The van der Waals surface area contributed by atoms with Gasteiger partial charge in [0.2, 0.25) is 0 Å². The molecule has 5 nitrogen and oxygen atoms in total. The molecule has 0 radical (unpaired) electrons. The Morgan fingerprint density at radius 1 is 1.06 bits per heavy atom. The summed E-state index contributed by atoms with van der Waals surface area (Å²) in [5.74, 6) is -0.145. The van der Waals surface area contributed by atoms with Gasteiger partial charge in [-0.05, 0) is 55.3 Å². The molecule has 0 aromatic heterocycles. The maximum atomic E-state index is 14.2. The van der Waals surface area contributed by atoms with Crippen LogP contribution in [0.2, 0.25) is 5.02 Å². The number of hydrogen-bond acceptors (Lipinski definition) is 5. The van der Waals surface area contributed by atoms with Crippen LogP contribution in [0.4, 0.5) is 5.69 Å². The number of Topliss-reactive ketones (excluding diaryl/α,β-unsaturated/α-hetero) is 1. The summed E-state index contributed by atoms with van der Waals surface area (Å²) < 4.78 is 5.60. The number of nitriles is 2. The SMILES string of the molecule is CCOc1ccc(C2C(C(=O)c3ccc(C)cc3)N3c4ccc(Cl)cc4C=CC3C2(C#N)C#N)cc1. The van der Waals surface area contributed by atoms with E-state index in [9.17, 15) is 15.3 Å². The molecule has 3 aromatic rings. The molecule has 1 fully saturated rings. The molecular weight excluding hydrogens is 470 g/mol. The van der Waals surface area contributed by atoms with E-state index in [0.29, 0.717) is 22.9 Å². The summed E-state index contributed by atoms with van der Waals surface area (Å²) in [6.45, 7) is 4.40. The highest BCUT2D eigenvalue weighted by molar-refractivity contribution is 6.30. The molecule has 36 heavy (non-hydrogen) atoms. The number of benzene rings is 3. The number of aryl methyl sites for hydroxylation is 1. The van der Waals surface area contributed by atoms with Gasteiger partial charge in [0.15, 0.2) is 11.2 Å². The van der Waals surface area contributed by atoms with Gasteiger partial charge in [0, 0.05) is 22.2 Å². The average Bonchev–Trinajstić information content (AvgIpc) is 3.20. The number of anilines is 1. The van der Waals surface area contributed by atoms with Crippen molar-refractivity contribution in [3.8, 4) is 17.9 Å². The molecule has 178 valence electrons. The van der Waals surface area contributed by atoms with Crippen LogP contribution in [-0.4, -0.2) is 24.5 Å². The molecule has 6 heteroatoms. The maximum Gasteiger partial charge on any atom is 0.185 e. The Morgan fingerprint density at radius 3 is 2.39 bits per heavy atom. The van der Waals surface area contributed by atoms with Crippen molar-refractivity contribution in [1.29, 1.82) is 10.5 Å². The van der Waals surface area contributed by atoms with Gasteiger partial charge >= 0.3 is 0 Å². The van der Waals surface area contributed by atoms with E-state index < -0.39 is 23.4 Å². The van der Waals surface area contributed by atoms with E-state index in [1.165, 1.54) is 0 Å². The number of fused-ring (bicyclic) bond motifs is 3. The smallest absolute Gasteiger partial charge is 0.185 e. The molecule has 3 unspecified atom stereocenters. The first-order valence-electron chi connectivity index (χ1n) is 11.9. The second-order valence-corrected chi connectivity index (χ2v) is 9.60. The number of rotatable bonds is 5. The summed E-state index contributed by atoms with van der Waals surface area (Å²) in [6, 6.07) is 23.5. The van der Waals surface area contributed by atoms with E-state index in [4.69, 9.17) is 16.3 Å². The van der Waals surface area contributed by atoms with Crippen molar-refractivity contribution in [2.24, 2.45) is 5.41 Å². The number of halogens is 1. The molecular formula is C30H24ClN3O2. The second-order valence-electron chi connectivity index (χ2n) is 9.16. The van der Waals surface area contributed by atoms with Gasteiger partial charge in [-0.1, -0.05) is 65.7 Å². The van der Waals surface area contributed by atoms with Crippen LogP contribution >= 0.6 is 11.6 Å². The summed E-state index contributed by atoms with van der Waals surface area (Å²) in [5.41, 5.74) is 2.45. The first kappa shape index (κ1) is 23.7. The molecule has 2 aliphatic rings. The maximum absolute atomic E-state index is 14.2. The lowest BCUT2D eigenvalue weighted by Gasteiger charge is -2.35. The average molecular weight is 494 g/mol. The van der Waals surface area contributed by atoms with Crippen molar-refractivity contribution in [2.75, 3.05) is 11.5 Å². The van der Waals surface area contributed by atoms with E-state index in [2.05, 4.69) is 12.1 Å². The van der Waals surface area contributed by atoms with Gasteiger partial charge in [-0.25, -0.2) is 0 Å². The van der Waals surface area contributed by atoms with E-state index in [-0.39, 0.29) is 5.78 Å². The molecule has 0 saturated carbocycles. The summed E-state index contributed by atoms with van der Waals surface area (Å²) in [4.78, 5) is 16.2. The Morgan fingerprint density at radius 2 is 1.75 bits per heavy atom. The summed E-state index contributed by atoms with van der Waals surface area (Å²) in [6.07, 6.45) is 3.74. The van der Waals surface area contributed by atoms with Gasteiger partial charge < -0.3 is 9.64 Å². The van der Waals surface area contributed by atoms with E-state index in [1.807, 2.05) is 91.6 Å². The Kier molecular flexibility index (Phi) is 6.04. The van der Waals surface area contributed by atoms with Crippen LogP contribution in [0.5, 0.6) is 5.75 Å². The van der Waals surface area contributed by atoms with Crippen LogP contribution in [0.1, 0.15) is 39.9 Å². The zero-order valence-electron chi connectivity index (χ0n) is 20.0. The third kappa shape index (κ3) is 3.65. The molecule has 0 bridgehead atoms. The number of ketones is 1. The zero-order chi connectivity index (χ0) is 25.4. The van der Waals surface area contributed by atoms with Gasteiger partial charge in [0.05, 0.1) is 24.8 Å². The number of ether oxygens (including phenoxy) is 1. The van der Waals surface area contributed by atoms with Crippen molar-refractivity contribution in [3.05, 3.63) is 100 Å². The lowest BCUT2D eigenvalue weighted by atomic mass is 9.69. The van der Waals surface area contributed by atoms with E-state index in [1.54, 1.807) is 6.07 Å². The van der Waals surface area contributed by atoms with Crippen molar-refractivity contribution in [1.82, 2.24) is 0 Å². The molecule has 2 heterocycles. The zero-order valence-corrected chi connectivity index (χ0v) is 20.7. The summed E-state index contributed by atoms with van der Waals surface area (Å²) >= 11 is 6.27. The Bertz CT molecular complexity index is 1420. The Hall–Kier alpha value is -4.06. The van der Waals surface area contributed by atoms with Crippen LogP contribution in [0.15, 0.2) is 72.8 Å². The van der Waals surface area contributed by atoms with Crippen LogP contribution < -0.4 is 9.64 Å². The van der Waals surface area contributed by atoms with Crippen LogP contribution in [-0.2, 0) is 0 Å². The quantitative estimate of drug-likeness (QED) is 0.388. The predicted molar refractivity (Wildman–Crippen MR) is 140 cm³/mol. The molecule has 2 aliphatic heterocycles. The largest absolute Gasteiger partial charge is 0.494 e. The highest BCUT2D eigenvalue weighted by Crippen LogP contribution is 2.55. The Labute approximate surface area is 215 Å². The number of carbonyl (C=O) groups excluding carboxylic acids is 1. The van der Waals surface area contributed by atoms with Crippen LogP contribution in [0.3, 0.4) is 0 Å². The Balaban J connectivity index is 1.74. The molecule has 1 saturated heterocycles. The van der Waals surface area contributed by atoms with Crippen molar-refractivity contribution >= 4 is 29.1 Å². The summed E-state index contributed by atoms with van der Waals surface area (Å²) in [5, 5.41) is 21.6. The molecule has 5 rings (SSSR count). The predicted octanol–water partition coefficient (Wildman–Crippen LogP) is 6.33. The molecule has 3 aromatic carbocycles. The lowest BCUT2D eigenvalue weighted by Crippen LogP contribution is -2.44. The number of nitrogens with zero attached hydrogens (tertiary/aromatic N) is 3. The molecule has 3 atom stereocenters. The van der Waals surface area contributed by atoms with E-state index in [0.717, 1.165) is 22.4 Å². The third-order valence-corrected chi connectivity index (χ3v) is 7.36. The highest BCUT2D eigenvalue weighted by atomic mass is 35.5. The first-order valence-corrected chi connectivity index (χ1v) is 12.2. The number of hydrogen-bond donors (Lipinski definition) is 0. The lowest BCUT2D eigenvalue weighted by molar-refractivity contribution is 0.0951. The minimum Gasteiger partial charge on any atom is -0.494 e. The molecule has 0 amide bonds. The van der Waals surface area contributed by atoms with Crippen LogP contribution in [0, 0.1) is 35.0 Å². The second kappa shape index (κ2) is 9.19. The minimum absolute atomic E-state index is 0.137. The monoisotopic (exact) mass is 493 g/mol.